The molecule has 1 rings (SSSR count). The van der Waals surface area contributed by atoms with Crippen LogP contribution < -0.4 is 0 Å². The second kappa shape index (κ2) is 9.46. The highest BCUT2D eigenvalue weighted by Gasteiger charge is 2.04. The maximum atomic E-state index is 10.5. The summed E-state index contributed by atoms with van der Waals surface area (Å²) >= 11 is 10.8. The van der Waals surface area contributed by atoms with Gasteiger partial charge in [0.1, 0.15) is 0 Å². The maximum absolute atomic E-state index is 10.5. The van der Waals surface area contributed by atoms with Crippen LogP contribution in [0, 0.1) is 0 Å². The van der Waals surface area contributed by atoms with Crippen molar-refractivity contribution in [3.63, 3.8) is 0 Å². The van der Waals surface area contributed by atoms with Crippen molar-refractivity contribution in [1.29, 1.82) is 0 Å². The van der Waals surface area contributed by atoms with Gasteiger partial charge < -0.3 is 4.90 Å². The third-order valence-electron chi connectivity index (χ3n) is 2.43. The molecule has 0 spiro atoms. The Hall–Kier alpha value is -0.570. The maximum Gasteiger partial charge on any atom is 0.253 e. The molecular formula is C13H19Cl2NO. The summed E-state index contributed by atoms with van der Waals surface area (Å²) in [5, 5.41) is -0.131. The molecule has 0 aromatic heterocycles. The molecule has 2 nitrogen and oxygen atoms in total. The summed E-state index contributed by atoms with van der Waals surface area (Å²) in [5.74, 6) is 0. The van der Waals surface area contributed by atoms with Crippen LogP contribution >= 0.6 is 23.2 Å². The fourth-order valence-electron chi connectivity index (χ4n) is 1.29. The van der Waals surface area contributed by atoms with Crippen LogP contribution in [0.25, 0.3) is 0 Å². The number of halogens is 2. The van der Waals surface area contributed by atoms with Crippen molar-refractivity contribution >= 4 is 28.4 Å². The van der Waals surface area contributed by atoms with E-state index in [1.165, 1.54) is 19.6 Å². The molecule has 0 atom stereocenters. The highest BCUT2D eigenvalue weighted by Crippen LogP contribution is 2.16. The minimum Gasteiger partial charge on any atom is -0.304 e. The number of benzene rings is 1. The minimum atomic E-state index is -0.523. The fraction of sp³-hybridized carbons (Fsp3) is 0.462. The molecule has 0 aliphatic carbocycles. The Morgan fingerprint density at radius 3 is 1.82 bits per heavy atom. The van der Waals surface area contributed by atoms with Crippen molar-refractivity contribution in [2.75, 3.05) is 19.6 Å². The number of carbonyl (C=O) groups excluding carboxylic acids is 1. The Morgan fingerprint density at radius 1 is 1.12 bits per heavy atom. The van der Waals surface area contributed by atoms with Gasteiger partial charge >= 0.3 is 0 Å². The highest BCUT2D eigenvalue weighted by atomic mass is 35.5. The van der Waals surface area contributed by atoms with Crippen LogP contribution in [0.15, 0.2) is 24.3 Å². The molecule has 0 saturated heterocycles. The van der Waals surface area contributed by atoms with Crippen molar-refractivity contribution < 1.29 is 4.79 Å². The van der Waals surface area contributed by atoms with E-state index in [0.717, 1.165) is 0 Å². The number of hydrogen-bond donors (Lipinski definition) is 0. The van der Waals surface area contributed by atoms with E-state index in [1.807, 2.05) is 0 Å². The fourth-order valence-corrected chi connectivity index (χ4v) is 1.73. The van der Waals surface area contributed by atoms with Gasteiger partial charge in [-0.05, 0) is 43.4 Å². The Morgan fingerprint density at radius 2 is 1.59 bits per heavy atom. The van der Waals surface area contributed by atoms with E-state index >= 15 is 0 Å². The molecule has 4 heteroatoms. The third kappa shape index (κ3) is 6.67. The van der Waals surface area contributed by atoms with E-state index in [4.69, 9.17) is 23.2 Å². The summed E-state index contributed by atoms with van der Waals surface area (Å²) in [7, 11) is 0. The van der Waals surface area contributed by atoms with Crippen molar-refractivity contribution in [2.24, 2.45) is 0 Å². The zero-order chi connectivity index (χ0) is 13.3. The molecule has 1 aromatic rings. The van der Waals surface area contributed by atoms with Gasteiger partial charge in [0.05, 0.1) is 10.6 Å². The molecule has 17 heavy (non-hydrogen) atoms. The molecule has 0 fully saturated rings. The Labute approximate surface area is 114 Å². The molecule has 0 radical (unpaired) electrons. The van der Waals surface area contributed by atoms with E-state index in [9.17, 15) is 4.79 Å². The monoisotopic (exact) mass is 275 g/mol. The Bertz CT molecular complexity index is 332. The van der Waals surface area contributed by atoms with Crippen LogP contribution in [-0.2, 0) is 0 Å². The standard InChI is InChI=1S/C7H4Cl2O.C6H15N/c8-6-4-2-1-3-5(6)7(9)10;1-4-7(5-2)6-3/h1-4H;4-6H2,1-3H3. The van der Waals surface area contributed by atoms with E-state index in [2.05, 4.69) is 25.7 Å². The lowest BCUT2D eigenvalue weighted by molar-refractivity contribution is 0.108. The first-order valence-corrected chi connectivity index (χ1v) is 6.49. The van der Waals surface area contributed by atoms with Crippen molar-refractivity contribution in [3.05, 3.63) is 34.9 Å². The third-order valence-corrected chi connectivity index (χ3v) is 2.96. The van der Waals surface area contributed by atoms with Crippen LogP contribution in [0.5, 0.6) is 0 Å². The number of nitrogens with zero attached hydrogens (tertiary/aromatic N) is 1. The van der Waals surface area contributed by atoms with Crippen LogP contribution in [0.3, 0.4) is 0 Å². The molecule has 0 aliphatic rings. The molecule has 0 aliphatic heterocycles. The van der Waals surface area contributed by atoms with E-state index in [-0.39, 0.29) is 0 Å². The molecule has 0 heterocycles. The van der Waals surface area contributed by atoms with Gasteiger partial charge in [0.2, 0.25) is 0 Å². The van der Waals surface area contributed by atoms with Crippen molar-refractivity contribution in [3.8, 4) is 0 Å². The number of hydrogen-bond acceptors (Lipinski definition) is 2. The largest absolute Gasteiger partial charge is 0.304 e. The highest BCUT2D eigenvalue weighted by molar-refractivity contribution is 6.68. The lowest BCUT2D eigenvalue weighted by atomic mass is 10.2. The van der Waals surface area contributed by atoms with E-state index < -0.39 is 5.24 Å². The van der Waals surface area contributed by atoms with Gasteiger partial charge in [0.25, 0.3) is 5.24 Å². The van der Waals surface area contributed by atoms with Crippen LogP contribution in [0.1, 0.15) is 31.1 Å². The second-order valence-corrected chi connectivity index (χ2v) is 4.12. The molecule has 0 amide bonds. The van der Waals surface area contributed by atoms with Crippen LogP contribution in [-0.4, -0.2) is 29.8 Å². The number of rotatable bonds is 4. The second-order valence-electron chi connectivity index (χ2n) is 3.37. The molecule has 0 bridgehead atoms. The van der Waals surface area contributed by atoms with Crippen molar-refractivity contribution in [2.45, 2.75) is 20.8 Å². The van der Waals surface area contributed by atoms with Gasteiger partial charge in [-0.2, -0.15) is 0 Å². The molecule has 0 N–H and O–H groups in total. The van der Waals surface area contributed by atoms with E-state index in [1.54, 1.807) is 24.3 Å². The van der Waals surface area contributed by atoms with Gasteiger partial charge in [-0.3, -0.25) is 4.79 Å². The SMILES string of the molecule is CCN(CC)CC.O=C(Cl)c1ccccc1Cl. The first-order valence-electron chi connectivity index (χ1n) is 5.73. The summed E-state index contributed by atoms with van der Waals surface area (Å²) < 4.78 is 0. The summed E-state index contributed by atoms with van der Waals surface area (Å²) in [6.07, 6.45) is 0. The molecule has 0 saturated carbocycles. The van der Waals surface area contributed by atoms with Gasteiger partial charge in [0, 0.05) is 0 Å². The quantitative estimate of drug-likeness (QED) is 0.773. The lowest BCUT2D eigenvalue weighted by Gasteiger charge is -2.13. The van der Waals surface area contributed by atoms with Crippen LogP contribution in [0.4, 0.5) is 0 Å². The first kappa shape index (κ1) is 16.4. The molecule has 96 valence electrons. The van der Waals surface area contributed by atoms with E-state index in [0.29, 0.717) is 10.6 Å². The molecule has 1 aromatic carbocycles. The Kier molecular flexibility index (Phi) is 9.14. The Balaban J connectivity index is 0.000000325. The predicted octanol–water partition coefficient (Wildman–Crippen LogP) is 4.07. The van der Waals surface area contributed by atoms with Gasteiger partial charge in [0.15, 0.2) is 0 Å². The van der Waals surface area contributed by atoms with Gasteiger partial charge in [-0.1, -0.05) is 44.5 Å². The molecular weight excluding hydrogens is 257 g/mol. The van der Waals surface area contributed by atoms with Crippen LogP contribution in [0.2, 0.25) is 5.02 Å². The zero-order valence-corrected chi connectivity index (χ0v) is 12.1. The minimum absolute atomic E-state index is 0.353. The van der Waals surface area contributed by atoms with Crippen molar-refractivity contribution in [1.82, 2.24) is 4.90 Å². The molecule has 0 unspecified atom stereocenters. The summed E-state index contributed by atoms with van der Waals surface area (Å²) in [4.78, 5) is 12.9. The summed E-state index contributed by atoms with van der Waals surface area (Å²) in [6, 6.07) is 6.65. The average molecular weight is 276 g/mol. The number of carbonyl (C=O) groups is 1. The zero-order valence-electron chi connectivity index (χ0n) is 10.5. The average Bonchev–Trinajstić information content (AvgIpc) is 2.32. The predicted molar refractivity (Wildman–Crippen MR) is 75.1 cm³/mol. The summed E-state index contributed by atoms with van der Waals surface area (Å²) in [6.45, 7) is 10.1. The lowest BCUT2D eigenvalue weighted by Crippen LogP contribution is -2.21. The first-order chi connectivity index (χ1) is 8.06. The summed E-state index contributed by atoms with van der Waals surface area (Å²) in [5.41, 5.74) is 0.353. The van der Waals surface area contributed by atoms with Gasteiger partial charge in [-0.15, -0.1) is 0 Å². The van der Waals surface area contributed by atoms with Gasteiger partial charge in [-0.25, -0.2) is 0 Å². The topological polar surface area (TPSA) is 20.3 Å². The smallest absolute Gasteiger partial charge is 0.253 e. The normalized spacial score (nSPS) is 9.76.